The predicted octanol–water partition coefficient (Wildman–Crippen LogP) is 0.421. The monoisotopic (exact) mass is 249 g/mol. The van der Waals surface area contributed by atoms with Crippen molar-refractivity contribution in [2.24, 2.45) is 11.7 Å². The third kappa shape index (κ3) is 7.53. The number of rotatable bonds is 8. The number of hydrogen-bond acceptors (Lipinski definition) is 6. The second kappa shape index (κ2) is 9.47. The molecule has 5 nitrogen and oxygen atoms in total. The van der Waals surface area contributed by atoms with E-state index in [4.69, 9.17) is 15.2 Å². The largest absolute Gasteiger partial charge is 0.462 e. The van der Waals surface area contributed by atoms with E-state index in [2.05, 4.69) is 0 Å². The molecule has 2 N–H and O–H groups in total. The number of carbonyl (C=O) groups excluding carboxylic acids is 2. The molecule has 1 unspecified atom stereocenters. The number of nitrogens with two attached hydrogens (primary N) is 1. The summed E-state index contributed by atoms with van der Waals surface area (Å²) in [5, 5.41) is 0. The first-order valence-electron chi connectivity index (χ1n) is 5.13. The van der Waals surface area contributed by atoms with Gasteiger partial charge in [-0.05, 0) is 6.26 Å². The molecule has 0 rings (SSSR count). The molecule has 0 saturated heterocycles. The van der Waals surface area contributed by atoms with Gasteiger partial charge in [0.1, 0.15) is 13.2 Å². The van der Waals surface area contributed by atoms with E-state index in [1.165, 1.54) is 0 Å². The van der Waals surface area contributed by atoms with Crippen LogP contribution in [0, 0.1) is 5.92 Å². The minimum absolute atomic E-state index is 0.0938. The van der Waals surface area contributed by atoms with E-state index >= 15 is 0 Å². The molecule has 0 aromatic rings. The van der Waals surface area contributed by atoms with Gasteiger partial charge < -0.3 is 15.2 Å². The first-order chi connectivity index (χ1) is 7.61. The van der Waals surface area contributed by atoms with Gasteiger partial charge in [-0.15, -0.1) is 0 Å². The highest BCUT2D eigenvalue weighted by Crippen LogP contribution is 2.06. The van der Waals surface area contributed by atoms with Crippen molar-refractivity contribution in [3.63, 3.8) is 0 Å². The molecule has 0 amide bonds. The van der Waals surface area contributed by atoms with E-state index in [9.17, 15) is 9.59 Å². The van der Waals surface area contributed by atoms with Crippen LogP contribution in [0.5, 0.6) is 0 Å². The normalized spacial score (nSPS) is 11.9. The van der Waals surface area contributed by atoms with E-state index in [-0.39, 0.29) is 44.0 Å². The Morgan fingerprint density at radius 2 is 1.94 bits per heavy atom. The molecule has 6 heteroatoms. The van der Waals surface area contributed by atoms with E-state index in [1.54, 1.807) is 18.7 Å². The standard InChI is InChI=1S/C10H19NO4S/c1-8(7-16-2)10(13)15-6-5-14-9(12)3-4-11/h8H,3-7,11H2,1-2H3. The van der Waals surface area contributed by atoms with Gasteiger partial charge in [-0.3, -0.25) is 9.59 Å². The summed E-state index contributed by atoms with van der Waals surface area (Å²) in [5.41, 5.74) is 5.17. The topological polar surface area (TPSA) is 78.6 Å². The van der Waals surface area contributed by atoms with Gasteiger partial charge in [-0.25, -0.2) is 0 Å². The number of carbonyl (C=O) groups is 2. The fourth-order valence-corrected chi connectivity index (χ4v) is 1.58. The van der Waals surface area contributed by atoms with Gasteiger partial charge >= 0.3 is 11.9 Å². The van der Waals surface area contributed by atoms with Crippen LogP contribution in [-0.2, 0) is 19.1 Å². The molecule has 0 bridgehead atoms. The molecule has 0 radical (unpaired) electrons. The summed E-state index contributed by atoms with van der Waals surface area (Å²) in [6.45, 7) is 2.27. The highest BCUT2D eigenvalue weighted by atomic mass is 32.2. The average Bonchev–Trinajstić information content (AvgIpc) is 2.24. The first-order valence-corrected chi connectivity index (χ1v) is 6.52. The lowest BCUT2D eigenvalue weighted by atomic mass is 10.2. The van der Waals surface area contributed by atoms with E-state index in [0.717, 1.165) is 5.75 Å². The maximum Gasteiger partial charge on any atom is 0.309 e. The zero-order valence-electron chi connectivity index (χ0n) is 9.73. The van der Waals surface area contributed by atoms with Crippen LogP contribution in [0.4, 0.5) is 0 Å². The summed E-state index contributed by atoms with van der Waals surface area (Å²) >= 11 is 1.59. The molecule has 16 heavy (non-hydrogen) atoms. The fraction of sp³-hybridized carbons (Fsp3) is 0.800. The molecule has 0 aliphatic rings. The summed E-state index contributed by atoms with van der Waals surface area (Å²) in [4.78, 5) is 22.2. The van der Waals surface area contributed by atoms with Gasteiger partial charge in [-0.2, -0.15) is 11.8 Å². The second-order valence-corrected chi connectivity index (χ2v) is 4.19. The molecule has 0 aromatic heterocycles. The van der Waals surface area contributed by atoms with Crippen molar-refractivity contribution in [2.45, 2.75) is 13.3 Å². The van der Waals surface area contributed by atoms with Crippen molar-refractivity contribution in [1.29, 1.82) is 0 Å². The van der Waals surface area contributed by atoms with Crippen molar-refractivity contribution in [3.8, 4) is 0 Å². The summed E-state index contributed by atoms with van der Waals surface area (Å²) in [7, 11) is 0. The smallest absolute Gasteiger partial charge is 0.309 e. The predicted molar refractivity (Wildman–Crippen MR) is 63.1 cm³/mol. The van der Waals surface area contributed by atoms with Gasteiger partial charge in [0.05, 0.1) is 12.3 Å². The molecule has 0 saturated carbocycles. The zero-order valence-corrected chi connectivity index (χ0v) is 10.5. The lowest BCUT2D eigenvalue weighted by molar-refractivity contribution is -0.154. The quantitative estimate of drug-likeness (QED) is 0.496. The number of ether oxygens (including phenoxy) is 2. The Morgan fingerprint density at radius 3 is 2.50 bits per heavy atom. The highest BCUT2D eigenvalue weighted by Gasteiger charge is 2.13. The van der Waals surface area contributed by atoms with Crippen LogP contribution >= 0.6 is 11.8 Å². The summed E-state index contributed by atoms with van der Waals surface area (Å²) < 4.78 is 9.70. The molecular weight excluding hydrogens is 230 g/mol. The molecule has 1 atom stereocenters. The van der Waals surface area contributed by atoms with Gasteiger partial charge in [0.25, 0.3) is 0 Å². The second-order valence-electron chi connectivity index (χ2n) is 3.28. The van der Waals surface area contributed by atoms with E-state index in [1.807, 2.05) is 6.26 Å². The van der Waals surface area contributed by atoms with Crippen LogP contribution < -0.4 is 5.73 Å². The SMILES string of the molecule is CSCC(C)C(=O)OCCOC(=O)CCN. The minimum atomic E-state index is -0.365. The van der Waals surface area contributed by atoms with Crippen molar-refractivity contribution in [1.82, 2.24) is 0 Å². The Morgan fingerprint density at radius 1 is 1.31 bits per heavy atom. The Bertz CT molecular complexity index is 223. The Hall–Kier alpha value is -0.750. The van der Waals surface area contributed by atoms with Crippen LogP contribution in [0.15, 0.2) is 0 Å². The van der Waals surface area contributed by atoms with Crippen LogP contribution in [0.1, 0.15) is 13.3 Å². The molecule has 0 spiro atoms. The summed E-state index contributed by atoms with van der Waals surface area (Å²) in [5.74, 6) is -0.0270. The molecule has 0 fully saturated rings. The third-order valence-electron chi connectivity index (χ3n) is 1.76. The van der Waals surface area contributed by atoms with Crippen molar-refractivity contribution >= 4 is 23.7 Å². The van der Waals surface area contributed by atoms with Crippen molar-refractivity contribution in [2.75, 3.05) is 31.8 Å². The maximum atomic E-state index is 11.3. The Balaban J connectivity index is 3.51. The van der Waals surface area contributed by atoms with Gasteiger partial charge in [-0.1, -0.05) is 6.92 Å². The van der Waals surface area contributed by atoms with E-state index in [0.29, 0.717) is 0 Å². The number of thioether (sulfide) groups is 1. The summed E-state index contributed by atoms with van der Waals surface area (Å²) in [6, 6.07) is 0. The lowest BCUT2D eigenvalue weighted by Crippen LogP contribution is -2.20. The van der Waals surface area contributed by atoms with E-state index < -0.39 is 0 Å². The molecule has 0 aliphatic carbocycles. The van der Waals surface area contributed by atoms with Gasteiger partial charge in [0.2, 0.25) is 0 Å². The minimum Gasteiger partial charge on any atom is -0.462 e. The molecule has 0 heterocycles. The maximum absolute atomic E-state index is 11.3. The fourth-order valence-electron chi connectivity index (χ4n) is 0.948. The molecular formula is C10H19NO4S. The first kappa shape index (κ1) is 15.2. The van der Waals surface area contributed by atoms with Crippen LogP contribution in [-0.4, -0.2) is 43.7 Å². The van der Waals surface area contributed by atoms with Gasteiger partial charge in [0.15, 0.2) is 0 Å². The lowest BCUT2D eigenvalue weighted by Gasteiger charge is -2.10. The number of esters is 2. The van der Waals surface area contributed by atoms with Crippen LogP contribution in [0.2, 0.25) is 0 Å². The number of hydrogen-bond donors (Lipinski definition) is 1. The van der Waals surface area contributed by atoms with Crippen LogP contribution in [0.3, 0.4) is 0 Å². The van der Waals surface area contributed by atoms with Crippen molar-refractivity contribution < 1.29 is 19.1 Å². The Kier molecular flexibility index (Phi) is 9.03. The van der Waals surface area contributed by atoms with Crippen molar-refractivity contribution in [3.05, 3.63) is 0 Å². The Labute approximate surface area is 100 Å². The third-order valence-corrected chi connectivity index (χ3v) is 2.59. The molecule has 0 aromatic carbocycles. The molecule has 0 aliphatic heterocycles. The highest BCUT2D eigenvalue weighted by molar-refractivity contribution is 7.98. The zero-order chi connectivity index (χ0) is 12.4. The van der Waals surface area contributed by atoms with Crippen LogP contribution in [0.25, 0.3) is 0 Å². The summed E-state index contributed by atoms with van der Waals surface area (Å²) in [6.07, 6.45) is 2.12. The average molecular weight is 249 g/mol. The van der Waals surface area contributed by atoms with Gasteiger partial charge in [0, 0.05) is 12.3 Å². The molecule has 94 valence electrons.